The number of rotatable bonds is 5. The average molecular weight is 304 g/mol. The summed E-state index contributed by atoms with van der Waals surface area (Å²) in [5.74, 6) is -0.658. The van der Waals surface area contributed by atoms with E-state index in [1.54, 1.807) is 31.2 Å². The van der Waals surface area contributed by atoms with Crippen LogP contribution in [0.1, 0.15) is 17.3 Å². The molecule has 6 heteroatoms. The minimum Gasteiger partial charge on any atom is -0.366 e. The van der Waals surface area contributed by atoms with Crippen LogP contribution in [0.5, 0.6) is 0 Å². The van der Waals surface area contributed by atoms with Crippen LogP contribution in [0, 0.1) is 0 Å². The molecule has 0 fully saturated rings. The van der Waals surface area contributed by atoms with Crippen molar-refractivity contribution in [3.05, 3.63) is 60.2 Å². The zero-order valence-electron chi connectivity index (χ0n) is 11.6. The van der Waals surface area contributed by atoms with E-state index in [9.17, 15) is 13.2 Å². The normalized spacial score (nSPS) is 11.1. The first-order valence-electron chi connectivity index (χ1n) is 6.44. The van der Waals surface area contributed by atoms with E-state index in [4.69, 9.17) is 5.73 Å². The topological polar surface area (TPSA) is 80.5 Å². The summed E-state index contributed by atoms with van der Waals surface area (Å²) in [6.07, 6.45) is 0. The summed E-state index contributed by atoms with van der Waals surface area (Å²) in [6, 6.07) is 14.5. The zero-order valence-corrected chi connectivity index (χ0v) is 12.4. The van der Waals surface area contributed by atoms with Crippen molar-refractivity contribution in [3.63, 3.8) is 0 Å². The number of sulfonamides is 1. The third kappa shape index (κ3) is 3.05. The van der Waals surface area contributed by atoms with E-state index < -0.39 is 15.9 Å². The van der Waals surface area contributed by atoms with Gasteiger partial charge in [-0.2, -0.15) is 0 Å². The Morgan fingerprint density at radius 3 is 2.33 bits per heavy atom. The van der Waals surface area contributed by atoms with Crippen LogP contribution in [0.4, 0.5) is 5.69 Å². The molecule has 2 N–H and O–H groups in total. The fourth-order valence-electron chi connectivity index (χ4n) is 2.02. The third-order valence-electron chi connectivity index (χ3n) is 3.04. The van der Waals surface area contributed by atoms with Crippen molar-refractivity contribution in [1.29, 1.82) is 0 Å². The molecule has 0 atom stereocenters. The summed E-state index contributed by atoms with van der Waals surface area (Å²) in [7, 11) is -3.73. The Kier molecular flexibility index (Phi) is 4.28. The van der Waals surface area contributed by atoms with Crippen molar-refractivity contribution >= 4 is 21.6 Å². The van der Waals surface area contributed by atoms with Crippen molar-refractivity contribution < 1.29 is 13.2 Å². The molecule has 1 amide bonds. The molecule has 2 aromatic carbocycles. The molecular formula is C15H16N2O3S. The molecule has 0 heterocycles. The van der Waals surface area contributed by atoms with Gasteiger partial charge in [-0.05, 0) is 37.3 Å². The van der Waals surface area contributed by atoms with Crippen LogP contribution >= 0.6 is 0 Å². The molecule has 5 nitrogen and oxygen atoms in total. The second-order valence-corrected chi connectivity index (χ2v) is 6.26. The van der Waals surface area contributed by atoms with Gasteiger partial charge in [-0.25, -0.2) is 8.42 Å². The number of hydrogen-bond donors (Lipinski definition) is 1. The largest absolute Gasteiger partial charge is 0.366 e. The highest BCUT2D eigenvalue weighted by atomic mass is 32.2. The van der Waals surface area contributed by atoms with E-state index in [0.717, 1.165) is 0 Å². The van der Waals surface area contributed by atoms with Crippen molar-refractivity contribution in [2.45, 2.75) is 11.8 Å². The summed E-state index contributed by atoms with van der Waals surface area (Å²) in [5.41, 5.74) is 5.94. The quantitative estimate of drug-likeness (QED) is 0.917. The maximum atomic E-state index is 12.7. The molecule has 0 spiro atoms. The Bertz CT molecular complexity index is 743. The molecule has 0 aliphatic heterocycles. The van der Waals surface area contributed by atoms with Gasteiger partial charge < -0.3 is 5.73 Å². The van der Waals surface area contributed by atoms with E-state index in [2.05, 4.69) is 0 Å². The minimum absolute atomic E-state index is 0.0458. The first-order chi connectivity index (χ1) is 9.96. The lowest BCUT2D eigenvalue weighted by molar-refractivity contribution is 0.1000. The molecular weight excluding hydrogens is 288 g/mol. The van der Waals surface area contributed by atoms with Crippen LogP contribution in [-0.2, 0) is 10.0 Å². The molecule has 0 aromatic heterocycles. The number of primary amides is 1. The summed E-state index contributed by atoms with van der Waals surface area (Å²) in [6.45, 7) is 2.04. The average Bonchev–Trinajstić information content (AvgIpc) is 2.49. The highest BCUT2D eigenvalue weighted by Crippen LogP contribution is 2.23. The van der Waals surface area contributed by atoms with Gasteiger partial charge in [0.05, 0.1) is 10.6 Å². The number of hydrogen-bond acceptors (Lipinski definition) is 3. The first-order valence-corrected chi connectivity index (χ1v) is 7.88. The summed E-state index contributed by atoms with van der Waals surface area (Å²) >= 11 is 0. The van der Waals surface area contributed by atoms with Crippen molar-refractivity contribution in [2.24, 2.45) is 5.73 Å². The Balaban J connectivity index is 2.50. The predicted octanol–water partition coefficient (Wildman–Crippen LogP) is 2.00. The lowest BCUT2D eigenvalue weighted by Crippen LogP contribution is -2.31. The van der Waals surface area contributed by atoms with Crippen molar-refractivity contribution in [3.8, 4) is 0 Å². The number of amides is 1. The molecule has 110 valence electrons. The van der Waals surface area contributed by atoms with Crippen LogP contribution in [0.3, 0.4) is 0 Å². The number of carbonyl (C=O) groups is 1. The van der Waals surface area contributed by atoms with Crippen LogP contribution in [0.15, 0.2) is 59.5 Å². The van der Waals surface area contributed by atoms with Gasteiger partial charge in [0, 0.05) is 12.1 Å². The SMILES string of the molecule is CCN(c1ccccc1)S(=O)(=O)c1cccc(C(N)=O)c1. The van der Waals surface area contributed by atoms with Gasteiger partial charge in [0.1, 0.15) is 0 Å². The van der Waals surface area contributed by atoms with Crippen molar-refractivity contribution in [2.75, 3.05) is 10.8 Å². The Labute approximate surface area is 124 Å². The second kappa shape index (κ2) is 5.97. The number of nitrogens with two attached hydrogens (primary N) is 1. The zero-order chi connectivity index (χ0) is 15.5. The van der Waals surface area contributed by atoms with Gasteiger partial charge in [-0.1, -0.05) is 24.3 Å². The Morgan fingerprint density at radius 2 is 1.76 bits per heavy atom. The van der Waals surface area contributed by atoms with Crippen molar-refractivity contribution in [1.82, 2.24) is 0 Å². The Morgan fingerprint density at radius 1 is 1.10 bits per heavy atom. The molecule has 0 radical (unpaired) electrons. The van der Waals surface area contributed by atoms with Gasteiger partial charge in [0.2, 0.25) is 5.91 Å². The standard InChI is InChI=1S/C15H16N2O3S/c1-2-17(13-8-4-3-5-9-13)21(19,20)14-10-6-7-12(11-14)15(16)18/h3-11H,2H2,1H3,(H2,16,18). The molecule has 0 bridgehead atoms. The van der Waals surface area contributed by atoms with E-state index in [1.807, 2.05) is 6.07 Å². The molecule has 2 rings (SSSR count). The highest BCUT2D eigenvalue weighted by molar-refractivity contribution is 7.92. The molecule has 0 saturated heterocycles. The van der Waals surface area contributed by atoms with E-state index in [-0.39, 0.29) is 17.0 Å². The maximum Gasteiger partial charge on any atom is 0.264 e. The molecule has 0 aliphatic rings. The summed E-state index contributed by atoms with van der Waals surface area (Å²) in [5, 5.41) is 0. The minimum atomic E-state index is -3.73. The van der Waals surface area contributed by atoms with Crippen LogP contribution in [0.25, 0.3) is 0 Å². The predicted molar refractivity (Wildman–Crippen MR) is 81.6 cm³/mol. The number of para-hydroxylation sites is 1. The van der Waals surface area contributed by atoms with Crippen LogP contribution < -0.4 is 10.0 Å². The number of carbonyl (C=O) groups excluding carboxylic acids is 1. The monoisotopic (exact) mass is 304 g/mol. The van der Waals surface area contributed by atoms with Gasteiger partial charge >= 0.3 is 0 Å². The van der Waals surface area contributed by atoms with E-state index in [1.165, 1.54) is 28.6 Å². The van der Waals surface area contributed by atoms with E-state index >= 15 is 0 Å². The number of benzene rings is 2. The third-order valence-corrected chi connectivity index (χ3v) is 4.94. The van der Waals surface area contributed by atoms with Gasteiger partial charge in [0.15, 0.2) is 0 Å². The van der Waals surface area contributed by atoms with Gasteiger partial charge in [-0.3, -0.25) is 9.10 Å². The van der Waals surface area contributed by atoms with Gasteiger partial charge in [-0.15, -0.1) is 0 Å². The first kappa shape index (κ1) is 15.1. The number of nitrogens with zero attached hydrogens (tertiary/aromatic N) is 1. The van der Waals surface area contributed by atoms with Crippen LogP contribution in [0.2, 0.25) is 0 Å². The molecule has 21 heavy (non-hydrogen) atoms. The molecule has 2 aromatic rings. The van der Waals surface area contributed by atoms with E-state index in [0.29, 0.717) is 5.69 Å². The highest BCUT2D eigenvalue weighted by Gasteiger charge is 2.24. The smallest absolute Gasteiger partial charge is 0.264 e. The summed E-state index contributed by atoms with van der Waals surface area (Å²) < 4.78 is 26.7. The fraction of sp³-hybridized carbons (Fsp3) is 0.133. The maximum absolute atomic E-state index is 12.7. The van der Waals surface area contributed by atoms with Crippen LogP contribution in [-0.4, -0.2) is 20.9 Å². The molecule has 0 unspecified atom stereocenters. The molecule has 0 aliphatic carbocycles. The fourth-order valence-corrected chi connectivity index (χ4v) is 3.54. The Hall–Kier alpha value is -2.34. The number of anilines is 1. The molecule has 0 saturated carbocycles. The summed E-state index contributed by atoms with van der Waals surface area (Å²) in [4.78, 5) is 11.2. The lowest BCUT2D eigenvalue weighted by atomic mass is 10.2. The lowest BCUT2D eigenvalue weighted by Gasteiger charge is -2.23. The second-order valence-electron chi connectivity index (χ2n) is 4.40. The van der Waals surface area contributed by atoms with Gasteiger partial charge in [0.25, 0.3) is 10.0 Å².